The summed E-state index contributed by atoms with van der Waals surface area (Å²) >= 11 is 0. The Kier molecular flexibility index (Phi) is 10.2. The zero-order valence-electron chi connectivity index (χ0n) is 40.2. The maximum Gasteiger partial charge on any atom is 0.0726 e. The molecule has 2 aliphatic carbocycles. The summed E-state index contributed by atoms with van der Waals surface area (Å²) in [5, 5.41) is 0. The number of rotatable bonds is 8. The minimum Gasteiger partial charge on any atom is -0.0622 e. The molecular weight excluding hydrogens is 877 g/mol. The Morgan fingerprint density at radius 3 is 0.685 bits per heavy atom. The SMILES string of the molecule is c1ccc(-c2ccc(-c3cc(-c4ccc(-c5ccccc5)cc4)c4c(c3)C3(c5ccccc5-4)c4ccccc4-c4c(-c5ccc(-c6ccccc6)cc5)cc(-c5ccc(-c6ccccc6)cc5)cc43)cc2)cc1. The highest BCUT2D eigenvalue weighted by atomic mass is 14.5. The van der Waals surface area contributed by atoms with Gasteiger partial charge in [0.15, 0.2) is 0 Å². The third-order valence-electron chi connectivity index (χ3n) is 15.5. The van der Waals surface area contributed by atoms with E-state index < -0.39 is 5.41 Å². The van der Waals surface area contributed by atoms with Crippen LogP contribution in [0.3, 0.4) is 0 Å². The standard InChI is InChI=1S/C73H48/c1-5-17-49(18-6-1)53-29-33-57(34-30-53)61-45-65(59-41-37-55(38-42-59)51-21-9-3-10-22-51)71-63-25-13-15-27-67(63)73(69(71)47-61)68-28-16-14-26-64(68)72-66(60-43-39-56(40-44-60)52-23-11-4-12-24-52)46-62(48-70(72)73)58-35-31-54(32-36-58)50-19-7-2-8-20-50/h1-48H. The van der Waals surface area contributed by atoms with Crippen LogP contribution in [-0.4, -0.2) is 0 Å². The summed E-state index contributed by atoms with van der Waals surface area (Å²) in [5.74, 6) is 0. The molecule has 0 heterocycles. The molecule has 0 fully saturated rings. The van der Waals surface area contributed by atoms with E-state index in [1.807, 2.05) is 0 Å². The fourth-order valence-electron chi connectivity index (χ4n) is 12.1. The van der Waals surface area contributed by atoms with E-state index in [9.17, 15) is 0 Å². The molecule has 0 aromatic heterocycles. The largest absolute Gasteiger partial charge is 0.0726 e. The van der Waals surface area contributed by atoms with Crippen molar-refractivity contribution in [1.29, 1.82) is 0 Å². The Balaban J connectivity index is 1.04. The molecule has 0 bridgehead atoms. The first-order valence-corrected chi connectivity index (χ1v) is 25.4. The topological polar surface area (TPSA) is 0 Å². The van der Waals surface area contributed by atoms with Crippen molar-refractivity contribution in [2.45, 2.75) is 5.41 Å². The van der Waals surface area contributed by atoms with Gasteiger partial charge in [0, 0.05) is 0 Å². The van der Waals surface area contributed by atoms with Crippen LogP contribution in [0.2, 0.25) is 0 Å². The highest BCUT2D eigenvalue weighted by Crippen LogP contribution is 2.66. The van der Waals surface area contributed by atoms with E-state index >= 15 is 0 Å². The maximum atomic E-state index is 2.54. The number of fused-ring (bicyclic) bond motifs is 10. The Morgan fingerprint density at radius 1 is 0.151 bits per heavy atom. The third-order valence-corrected chi connectivity index (χ3v) is 15.5. The van der Waals surface area contributed by atoms with Gasteiger partial charge in [0.25, 0.3) is 0 Å². The molecule has 0 saturated heterocycles. The van der Waals surface area contributed by atoms with Crippen LogP contribution < -0.4 is 0 Å². The van der Waals surface area contributed by atoms with Crippen LogP contribution in [0.15, 0.2) is 291 Å². The first kappa shape index (κ1) is 42.5. The number of hydrogen-bond acceptors (Lipinski definition) is 0. The fraction of sp³-hybridized carbons (Fsp3) is 0.0137. The van der Waals surface area contributed by atoms with Crippen LogP contribution in [0.5, 0.6) is 0 Å². The van der Waals surface area contributed by atoms with Crippen molar-refractivity contribution in [3.8, 4) is 111 Å². The van der Waals surface area contributed by atoms with E-state index in [0.29, 0.717) is 0 Å². The van der Waals surface area contributed by atoms with Crippen molar-refractivity contribution in [3.63, 3.8) is 0 Å². The molecule has 0 saturated carbocycles. The van der Waals surface area contributed by atoms with Crippen molar-refractivity contribution in [2.75, 3.05) is 0 Å². The van der Waals surface area contributed by atoms with Crippen LogP contribution in [-0.2, 0) is 5.41 Å². The monoisotopic (exact) mass is 924 g/mol. The van der Waals surface area contributed by atoms with Crippen LogP contribution in [0.1, 0.15) is 22.3 Å². The van der Waals surface area contributed by atoms with Gasteiger partial charge in [0.2, 0.25) is 0 Å². The summed E-state index contributed by atoms with van der Waals surface area (Å²) in [6.45, 7) is 0. The lowest BCUT2D eigenvalue weighted by Gasteiger charge is -2.31. The molecule has 0 radical (unpaired) electrons. The maximum absolute atomic E-state index is 2.54. The molecule has 0 atom stereocenters. The van der Waals surface area contributed by atoms with Crippen molar-refractivity contribution in [1.82, 2.24) is 0 Å². The van der Waals surface area contributed by atoms with E-state index in [4.69, 9.17) is 0 Å². The fourth-order valence-corrected chi connectivity index (χ4v) is 12.1. The zero-order valence-corrected chi connectivity index (χ0v) is 40.2. The molecule has 2 aliphatic rings. The molecule has 14 rings (SSSR count). The lowest BCUT2D eigenvalue weighted by Crippen LogP contribution is -2.26. The highest BCUT2D eigenvalue weighted by molar-refractivity contribution is 6.05. The van der Waals surface area contributed by atoms with E-state index in [1.54, 1.807) is 0 Å². The Hall–Kier alpha value is -9.36. The molecule has 0 nitrogen and oxygen atoms in total. The van der Waals surface area contributed by atoms with Gasteiger partial charge in [0.1, 0.15) is 0 Å². The highest BCUT2D eigenvalue weighted by Gasteiger charge is 2.53. The van der Waals surface area contributed by atoms with Gasteiger partial charge in [-0.2, -0.15) is 0 Å². The molecule has 340 valence electrons. The summed E-state index contributed by atoms with van der Waals surface area (Å²) in [4.78, 5) is 0. The second-order valence-corrected chi connectivity index (χ2v) is 19.5. The first-order valence-electron chi connectivity index (χ1n) is 25.4. The minimum atomic E-state index is -0.630. The number of hydrogen-bond donors (Lipinski definition) is 0. The summed E-state index contributed by atoms with van der Waals surface area (Å²) in [6.07, 6.45) is 0. The Labute approximate surface area is 427 Å². The van der Waals surface area contributed by atoms with Crippen molar-refractivity contribution in [3.05, 3.63) is 313 Å². The van der Waals surface area contributed by atoms with Crippen LogP contribution in [0.25, 0.3) is 111 Å². The van der Waals surface area contributed by atoms with Crippen molar-refractivity contribution in [2.24, 2.45) is 0 Å². The van der Waals surface area contributed by atoms with Crippen molar-refractivity contribution < 1.29 is 0 Å². The Bertz CT molecular complexity index is 3720. The molecule has 1 spiro atoms. The van der Waals surface area contributed by atoms with Gasteiger partial charge in [-0.25, -0.2) is 0 Å². The molecule has 0 heteroatoms. The van der Waals surface area contributed by atoms with E-state index in [-0.39, 0.29) is 0 Å². The van der Waals surface area contributed by atoms with E-state index in [0.717, 1.165) is 0 Å². The molecule has 12 aromatic rings. The molecule has 0 amide bonds. The summed E-state index contributed by atoms with van der Waals surface area (Å²) in [7, 11) is 0. The zero-order chi connectivity index (χ0) is 48.3. The normalized spacial score (nSPS) is 12.5. The van der Waals surface area contributed by atoms with Gasteiger partial charge < -0.3 is 0 Å². The van der Waals surface area contributed by atoms with Gasteiger partial charge in [-0.1, -0.05) is 267 Å². The van der Waals surface area contributed by atoms with E-state index in [2.05, 4.69) is 291 Å². The molecule has 0 N–H and O–H groups in total. The summed E-state index contributed by atoms with van der Waals surface area (Å²) < 4.78 is 0. The van der Waals surface area contributed by atoms with Gasteiger partial charge in [-0.05, 0) is 158 Å². The summed E-state index contributed by atoms with van der Waals surface area (Å²) in [6, 6.07) is 108. The van der Waals surface area contributed by atoms with Gasteiger partial charge in [0.05, 0.1) is 5.41 Å². The van der Waals surface area contributed by atoms with Crippen molar-refractivity contribution >= 4 is 0 Å². The van der Waals surface area contributed by atoms with Crippen LogP contribution in [0.4, 0.5) is 0 Å². The number of benzene rings is 12. The second kappa shape index (κ2) is 17.5. The summed E-state index contributed by atoms with van der Waals surface area (Å²) in [5.41, 5.74) is 29.1. The quantitative estimate of drug-likeness (QED) is 0.142. The van der Waals surface area contributed by atoms with Crippen LogP contribution in [0, 0.1) is 0 Å². The van der Waals surface area contributed by atoms with Gasteiger partial charge in [-0.3, -0.25) is 0 Å². The predicted octanol–water partition coefficient (Wildman–Crippen LogP) is 19.4. The van der Waals surface area contributed by atoms with Crippen LogP contribution >= 0.6 is 0 Å². The lowest BCUT2D eigenvalue weighted by molar-refractivity contribution is 0.794. The lowest BCUT2D eigenvalue weighted by atomic mass is 9.69. The second-order valence-electron chi connectivity index (χ2n) is 19.5. The van der Waals surface area contributed by atoms with E-state index in [1.165, 1.54) is 134 Å². The Morgan fingerprint density at radius 2 is 0.384 bits per heavy atom. The molecular formula is C73H48. The predicted molar refractivity (Wildman–Crippen MR) is 306 cm³/mol. The molecule has 0 unspecified atom stereocenters. The molecule has 12 aromatic carbocycles. The average molecular weight is 925 g/mol. The third kappa shape index (κ3) is 7.06. The smallest absolute Gasteiger partial charge is 0.0622 e. The van der Waals surface area contributed by atoms with Gasteiger partial charge in [-0.15, -0.1) is 0 Å². The molecule has 73 heavy (non-hydrogen) atoms. The molecule has 0 aliphatic heterocycles. The first-order chi connectivity index (χ1) is 36.2. The minimum absolute atomic E-state index is 0.630. The van der Waals surface area contributed by atoms with Gasteiger partial charge >= 0.3 is 0 Å². The average Bonchev–Trinajstić information content (AvgIpc) is 3.99.